The van der Waals surface area contributed by atoms with Crippen LogP contribution in [0.3, 0.4) is 0 Å². The van der Waals surface area contributed by atoms with E-state index in [1.54, 1.807) is 13.8 Å². The van der Waals surface area contributed by atoms with Crippen LogP contribution in [0.5, 0.6) is 5.75 Å². The van der Waals surface area contributed by atoms with Gasteiger partial charge in [0.2, 0.25) is 0 Å². The van der Waals surface area contributed by atoms with Crippen LogP contribution in [0.1, 0.15) is 101 Å². The first-order valence-corrected chi connectivity index (χ1v) is 21.5. The van der Waals surface area contributed by atoms with Crippen molar-refractivity contribution in [1.29, 1.82) is 0 Å². The molecule has 0 bridgehead atoms. The summed E-state index contributed by atoms with van der Waals surface area (Å²) < 4.78 is 17.4. The summed E-state index contributed by atoms with van der Waals surface area (Å²) in [5.41, 5.74) is 13.6. The average molecular weight is 803 g/mol. The highest BCUT2D eigenvalue weighted by Crippen LogP contribution is 2.37. The van der Waals surface area contributed by atoms with Crippen LogP contribution < -0.4 is 4.74 Å². The average Bonchev–Trinajstić information content (AvgIpc) is 3.25. The van der Waals surface area contributed by atoms with Gasteiger partial charge in [0.1, 0.15) is 5.75 Å². The van der Waals surface area contributed by atoms with Gasteiger partial charge in [-0.15, -0.1) is 0 Å². The van der Waals surface area contributed by atoms with Crippen molar-refractivity contribution in [3.05, 3.63) is 125 Å². The van der Waals surface area contributed by atoms with Gasteiger partial charge in [0, 0.05) is 30.3 Å². The summed E-state index contributed by atoms with van der Waals surface area (Å²) in [6.07, 6.45) is 9.40. The van der Waals surface area contributed by atoms with Crippen molar-refractivity contribution in [1.82, 2.24) is 0 Å². The summed E-state index contributed by atoms with van der Waals surface area (Å²) in [6, 6.07) is 27.0. The number of carbonyl (C=O) groups excluding carboxylic acids is 2. The molecular weight excluding hydrogens is 737 g/mol. The molecule has 7 nitrogen and oxygen atoms in total. The predicted molar refractivity (Wildman–Crippen MR) is 241 cm³/mol. The number of aliphatic hydroxyl groups is 2. The second-order valence-corrected chi connectivity index (χ2v) is 15.6. The van der Waals surface area contributed by atoms with Crippen molar-refractivity contribution in [3.8, 4) is 39.1 Å². The minimum Gasteiger partial charge on any atom is -0.493 e. The van der Waals surface area contributed by atoms with Crippen molar-refractivity contribution in [3.63, 3.8) is 0 Å². The number of unbranched alkanes of at least 4 members (excludes halogenated alkanes) is 2. The molecule has 0 unspecified atom stereocenters. The summed E-state index contributed by atoms with van der Waals surface area (Å²) in [6.45, 7) is 17.8. The lowest BCUT2D eigenvalue weighted by atomic mass is 9.88. The maximum absolute atomic E-state index is 12.2. The van der Waals surface area contributed by atoms with Gasteiger partial charge in [-0.3, -0.25) is 0 Å². The summed E-state index contributed by atoms with van der Waals surface area (Å²) in [7, 11) is 0. The third kappa shape index (κ3) is 13.8. The van der Waals surface area contributed by atoms with Crippen molar-refractivity contribution in [2.75, 3.05) is 33.0 Å². The molecule has 316 valence electrons. The Labute approximate surface area is 353 Å². The van der Waals surface area contributed by atoms with E-state index in [-0.39, 0.29) is 32.3 Å². The number of aliphatic hydroxyl groups excluding tert-OH is 2. The zero-order chi connectivity index (χ0) is 42.7. The number of hydrogen-bond acceptors (Lipinski definition) is 7. The summed E-state index contributed by atoms with van der Waals surface area (Å²) in [5, 5.41) is 19.4. The molecule has 0 saturated carbocycles. The molecule has 0 fully saturated rings. The number of hydrogen-bond donors (Lipinski definition) is 2. The fourth-order valence-corrected chi connectivity index (χ4v) is 7.26. The second-order valence-electron chi connectivity index (χ2n) is 15.6. The Balaban J connectivity index is 1.71. The standard InChI is InChI=1S/C52H66O7/c1-8-11-12-15-38-18-20-42(21-19-38)48-24-22-43(30-40(48)9-2)44-23-25-49(41(10-3)31-44)47-32-45(16-13-27-58-51(55)36(4)5)50(57-29-26-39(34-53)35-54)46(33-47)17-14-28-59-52(56)37(6)7/h18-25,30-33,39,53-54H,4,6,8-17,26-29,34-35H2,1-3,5,7H3. The lowest BCUT2D eigenvalue weighted by Crippen LogP contribution is -2.16. The minimum absolute atomic E-state index is 0.132. The Morgan fingerprint density at radius 3 is 1.51 bits per heavy atom. The Hall–Kier alpha value is -4.98. The zero-order valence-corrected chi connectivity index (χ0v) is 36.2. The van der Waals surface area contributed by atoms with Gasteiger partial charge in [-0.1, -0.05) is 107 Å². The molecule has 0 heterocycles. The number of benzene rings is 4. The Kier molecular flexibility index (Phi) is 19.1. The second kappa shape index (κ2) is 24.2. The van der Waals surface area contributed by atoms with Crippen LogP contribution in [0, 0.1) is 5.92 Å². The van der Waals surface area contributed by atoms with Crippen LogP contribution in [0.2, 0.25) is 0 Å². The molecular formula is C52H66O7. The fraction of sp³-hybridized carbons (Fsp3) is 0.423. The first-order chi connectivity index (χ1) is 28.5. The van der Waals surface area contributed by atoms with E-state index in [9.17, 15) is 19.8 Å². The summed E-state index contributed by atoms with van der Waals surface area (Å²) >= 11 is 0. The van der Waals surface area contributed by atoms with Gasteiger partial charge in [0.25, 0.3) is 0 Å². The van der Waals surface area contributed by atoms with Crippen molar-refractivity contribution >= 4 is 11.9 Å². The minimum atomic E-state index is -0.417. The highest BCUT2D eigenvalue weighted by molar-refractivity contribution is 5.87. The molecule has 0 aliphatic heterocycles. The molecule has 4 aromatic carbocycles. The van der Waals surface area contributed by atoms with Gasteiger partial charge < -0.3 is 24.4 Å². The molecule has 0 saturated heterocycles. The fourth-order valence-electron chi connectivity index (χ4n) is 7.26. The normalized spacial score (nSPS) is 11.1. The van der Waals surface area contributed by atoms with Gasteiger partial charge in [-0.05, 0) is 145 Å². The van der Waals surface area contributed by atoms with E-state index in [0.29, 0.717) is 49.9 Å². The molecule has 4 aromatic rings. The number of carbonyl (C=O) groups is 2. The van der Waals surface area contributed by atoms with E-state index in [1.165, 1.54) is 58.2 Å². The Bertz CT molecular complexity index is 1950. The zero-order valence-electron chi connectivity index (χ0n) is 36.2. The third-order valence-corrected chi connectivity index (χ3v) is 10.8. The molecule has 2 N–H and O–H groups in total. The number of rotatable bonds is 25. The van der Waals surface area contributed by atoms with E-state index < -0.39 is 11.9 Å². The SMILES string of the molecule is C=C(C)C(=O)OCCCc1cc(-c2ccc(-c3ccc(-c4ccc(CCCCC)cc4)c(CC)c3)cc2CC)cc(CCCOC(=O)C(=C)C)c1OCCC(CO)CO. The molecule has 0 spiro atoms. The maximum Gasteiger partial charge on any atom is 0.333 e. The highest BCUT2D eigenvalue weighted by Gasteiger charge is 2.18. The van der Waals surface area contributed by atoms with Gasteiger partial charge >= 0.3 is 11.9 Å². The van der Waals surface area contributed by atoms with Gasteiger partial charge in [0.15, 0.2) is 0 Å². The van der Waals surface area contributed by atoms with E-state index >= 15 is 0 Å². The molecule has 7 heteroatoms. The topological polar surface area (TPSA) is 102 Å². The molecule has 0 aromatic heterocycles. The lowest BCUT2D eigenvalue weighted by molar-refractivity contribution is -0.139. The predicted octanol–water partition coefficient (Wildman–Crippen LogP) is 11.0. The molecule has 0 radical (unpaired) electrons. The number of esters is 2. The van der Waals surface area contributed by atoms with E-state index in [1.807, 2.05) is 0 Å². The first kappa shape index (κ1) is 46.7. The quantitative estimate of drug-likeness (QED) is 0.0391. The van der Waals surface area contributed by atoms with Crippen LogP contribution in [0.4, 0.5) is 0 Å². The van der Waals surface area contributed by atoms with Crippen LogP contribution in [-0.4, -0.2) is 55.2 Å². The van der Waals surface area contributed by atoms with Crippen molar-refractivity contribution in [2.24, 2.45) is 5.92 Å². The lowest BCUT2D eigenvalue weighted by Gasteiger charge is -2.21. The number of aryl methyl sites for hydroxylation is 5. The summed E-state index contributed by atoms with van der Waals surface area (Å²) in [4.78, 5) is 24.3. The summed E-state index contributed by atoms with van der Waals surface area (Å²) in [5.74, 6) is -0.390. The molecule has 59 heavy (non-hydrogen) atoms. The maximum atomic E-state index is 12.2. The highest BCUT2D eigenvalue weighted by atomic mass is 16.5. The van der Waals surface area contributed by atoms with Gasteiger partial charge in [-0.25, -0.2) is 9.59 Å². The first-order valence-electron chi connectivity index (χ1n) is 21.5. The molecule has 0 atom stereocenters. The Morgan fingerprint density at radius 1 is 0.576 bits per heavy atom. The van der Waals surface area contributed by atoms with Gasteiger partial charge in [-0.2, -0.15) is 0 Å². The molecule has 0 aliphatic rings. The van der Waals surface area contributed by atoms with Crippen LogP contribution in [-0.2, 0) is 51.2 Å². The van der Waals surface area contributed by atoms with Crippen molar-refractivity contribution in [2.45, 2.75) is 105 Å². The van der Waals surface area contributed by atoms with E-state index in [4.69, 9.17) is 14.2 Å². The number of ether oxygens (including phenoxy) is 3. The third-order valence-electron chi connectivity index (χ3n) is 10.8. The Morgan fingerprint density at radius 2 is 1.05 bits per heavy atom. The van der Waals surface area contributed by atoms with E-state index in [2.05, 4.69) is 107 Å². The molecule has 0 aliphatic carbocycles. The largest absolute Gasteiger partial charge is 0.493 e. The van der Waals surface area contributed by atoms with Crippen molar-refractivity contribution < 1.29 is 34.0 Å². The van der Waals surface area contributed by atoms with Crippen LogP contribution in [0.15, 0.2) is 97.1 Å². The molecule has 4 rings (SSSR count). The van der Waals surface area contributed by atoms with Crippen LogP contribution >= 0.6 is 0 Å². The van der Waals surface area contributed by atoms with Crippen LogP contribution in [0.25, 0.3) is 33.4 Å². The smallest absolute Gasteiger partial charge is 0.333 e. The van der Waals surface area contributed by atoms with E-state index in [0.717, 1.165) is 47.3 Å². The molecule has 0 amide bonds. The monoisotopic (exact) mass is 802 g/mol. The van der Waals surface area contributed by atoms with Gasteiger partial charge in [0.05, 0.1) is 19.8 Å².